The zero-order valence-corrected chi connectivity index (χ0v) is 20.4. The second-order valence-electron chi connectivity index (χ2n) is 6.50. The largest absolute Gasteiger partial charge is 0.494 e. The molecule has 33 heavy (non-hydrogen) atoms. The molecule has 0 aromatic heterocycles. The predicted octanol–water partition coefficient (Wildman–Crippen LogP) is 5.49. The van der Waals surface area contributed by atoms with Gasteiger partial charge >= 0.3 is 0 Å². The molecule has 178 valence electrons. The molecule has 0 saturated carbocycles. The van der Waals surface area contributed by atoms with Crippen molar-refractivity contribution in [1.29, 1.82) is 0 Å². The summed E-state index contributed by atoms with van der Waals surface area (Å²) in [4.78, 5) is 25.1. The van der Waals surface area contributed by atoms with Crippen LogP contribution in [0, 0.1) is 0 Å². The number of ketones is 1. The first-order valence-corrected chi connectivity index (χ1v) is 10.7. The van der Waals surface area contributed by atoms with Gasteiger partial charge in [-0.1, -0.05) is 23.2 Å². The summed E-state index contributed by atoms with van der Waals surface area (Å²) in [5.41, 5.74) is 0.441. The first-order chi connectivity index (χ1) is 15.8. The topological polar surface area (TPSA) is 108 Å². The summed E-state index contributed by atoms with van der Waals surface area (Å²) in [6, 6.07) is 4.77. The van der Waals surface area contributed by atoms with Crippen LogP contribution in [-0.2, 0) is 9.59 Å². The number of hydrogen-bond acceptors (Lipinski definition) is 8. The van der Waals surface area contributed by atoms with Gasteiger partial charge in [0.1, 0.15) is 22.2 Å². The van der Waals surface area contributed by atoms with Gasteiger partial charge in [-0.3, -0.25) is 9.59 Å². The molecule has 0 radical (unpaired) electrons. The lowest BCUT2D eigenvalue weighted by molar-refractivity contribution is -0.126. The zero-order chi connectivity index (χ0) is 24.5. The lowest BCUT2D eigenvalue weighted by Crippen LogP contribution is -2.32. The van der Waals surface area contributed by atoms with Gasteiger partial charge in [-0.25, -0.2) is 0 Å². The number of hydrogen-bond donors (Lipinski definition) is 1. The van der Waals surface area contributed by atoms with Crippen LogP contribution in [0.2, 0.25) is 10.0 Å². The van der Waals surface area contributed by atoms with Crippen LogP contribution in [0.5, 0.6) is 23.0 Å². The molecule has 1 unspecified atom stereocenters. The minimum absolute atomic E-state index is 0.164. The number of anilines is 1. The van der Waals surface area contributed by atoms with E-state index in [0.717, 1.165) is 0 Å². The summed E-state index contributed by atoms with van der Waals surface area (Å²) in [5.74, 6) is -0.0193. The van der Waals surface area contributed by atoms with E-state index in [9.17, 15) is 9.59 Å². The monoisotopic (exact) mass is 497 g/mol. The lowest BCUT2D eigenvalue weighted by atomic mass is 10.2. The van der Waals surface area contributed by atoms with E-state index in [-0.39, 0.29) is 27.9 Å². The van der Waals surface area contributed by atoms with Crippen LogP contribution < -0.4 is 24.3 Å². The van der Waals surface area contributed by atoms with Crippen molar-refractivity contribution in [2.45, 2.75) is 26.8 Å². The number of nitrogens with one attached hydrogen (secondary N) is 1. The average Bonchev–Trinajstić information content (AvgIpc) is 2.77. The van der Waals surface area contributed by atoms with Gasteiger partial charge in [-0.15, -0.1) is 0 Å². The van der Waals surface area contributed by atoms with E-state index >= 15 is 0 Å². The Kier molecular flexibility index (Phi) is 9.74. The number of carbonyl (C=O) groups is 2. The Balaban J connectivity index is 2.37. The number of azo groups is 1. The SMILES string of the molecule is CCOc1cc(NC(=O)C(N=Nc2ccc(Cl)c(OC)c2OC)C(C)=O)c(Cl)c(OCC)c1. The molecule has 0 aliphatic heterocycles. The lowest BCUT2D eigenvalue weighted by Gasteiger charge is -2.15. The second kappa shape index (κ2) is 12.3. The molecule has 0 aliphatic carbocycles. The Hall–Kier alpha value is -3.04. The highest BCUT2D eigenvalue weighted by Gasteiger charge is 2.25. The Morgan fingerprint density at radius 2 is 1.70 bits per heavy atom. The summed E-state index contributed by atoms with van der Waals surface area (Å²) < 4.78 is 21.5. The number of ether oxygens (including phenoxy) is 4. The third kappa shape index (κ3) is 6.49. The highest BCUT2D eigenvalue weighted by molar-refractivity contribution is 6.35. The fraction of sp³-hybridized carbons (Fsp3) is 0.364. The molecular formula is C22H25Cl2N3O6. The fourth-order valence-electron chi connectivity index (χ4n) is 2.81. The van der Waals surface area contributed by atoms with E-state index in [1.807, 2.05) is 6.92 Å². The number of amides is 1. The van der Waals surface area contributed by atoms with Crippen LogP contribution in [0.3, 0.4) is 0 Å². The van der Waals surface area contributed by atoms with Crippen molar-refractivity contribution in [2.24, 2.45) is 10.2 Å². The Labute approximate surface area is 202 Å². The standard InChI is InChI=1S/C22H25Cl2N3O6/c1-6-32-13-10-16(18(24)17(11-13)33-7-2)25-22(29)19(12(3)28)27-26-15-9-8-14(23)20(30-4)21(15)31-5/h8-11,19H,6-7H2,1-5H3,(H,25,29). The molecule has 2 aromatic carbocycles. The molecule has 1 atom stereocenters. The van der Waals surface area contributed by atoms with Crippen LogP contribution in [0.1, 0.15) is 20.8 Å². The van der Waals surface area contributed by atoms with Gasteiger partial charge in [0.05, 0.1) is 38.1 Å². The van der Waals surface area contributed by atoms with Crippen molar-refractivity contribution in [3.05, 3.63) is 34.3 Å². The maximum atomic E-state index is 12.9. The van der Waals surface area contributed by atoms with Gasteiger partial charge in [-0.2, -0.15) is 10.2 Å². The third-order valence-electron chi connectivity index (χ3n) is 4.25. The van der Waals surface area contributed by atoms with Gasteiger partial charge in [-0.05, 0) is 32.9 Å². The molecule has 0 saturated heterocycles. The molecule has 0 fully saturated rings. The van der Waals surface area contributed by atoms with E-state index in [2.05, 4.69) is 15.5 Å². The smallest absolute Gasteiger partial charge is 0.258 e. The molecule has 0 spiro atoms. The van der Waals surface area contributed by atoms with Gasteiger partial charge < -0.3 is 24.3 Å². The first kappa shape index (κ1) is 26.2. The number of rotatable bonds is 11. The van der Waals surface area contributed by atoms with Crippen LogP contribution in [0.15, 0.2) is 34.5 Å². The quantitative estimate of drug-likeness (QED) is 0.324. The summed E-state index contributed by atoms with van der Waals surface area (Å²) in [6.07, 6.45) is 0. The van der Waals surface area contributed by atoms with Crippen molar-refractivity contribution in [3.8, 4) is 23.0 Å². The molecule has 9 nitrogen and oxygen atoms in total. The molecule has 1 amide bonds. The van der Waals surface area contributed by atoms with E-state index in [0.29, 0.717) is 29.7 Å². The molecule has 2 aromatic rings. The Morgan fingerprint density at radius 3 is 2.27 bits per heavy atom. The Bertz CT molecular complexity index is 1050. The maximum absolute atomic E-state index is 12.9. The third-order valence-corrected chi connectivity index (χ3v) is 4.93. The predicted molar refractivity (Wildman–Crippen MR) is 126 cm³/mol. The number of nitrogens with zero attached hydrogens (tertiary/aromatic N) is 2. The number of halogens is 2. The molecule has 11 heteroatoms. The van der Waals surface area contributed by atoms with Crippen molar-refractivity contribution in [2.75, 3.05) is 32.8 Å². The molecule has 2 rings (SSSR count). The van der Waals surface area contributed by atoms with Gasteiger partial charge in [0.25, 0.3) is 5.91 Å². The minimum atomic E-state index is -1.45. The van der Waals surface area contributed by atoms with E-state index in [1.54, 1.807) is 13.0 Å². The summed E-state index contributed by atoms with van der Waals surface area (Å²) >= 11 is 12.5. The fourth-order valence-corrected chi connectivity index (χ4v) is 3.24. The van der Waals surface area contributed by atoms with Crippen molar-refractivity contribution < 1.29 is 28.5 Å². The molecule has 0 bridgehead atoms. The van der Waals surface area contributed by atoms with Crippen LogP contribution in [0.25, 0.3) is 0 Å². The first-order valence-electron chi connectivity index (χ1n) is 9.99. The molecule has 0 aliphatic rings. The van der Waals surface area contributed by atoms with Gasteiger partial charge in [0.15, 0.2) is 17.3 Å². The summed E-state index contributed by atoms with van der Waals surface area (Å²) in [5, 5.41) is 11.0. The zero-order valence-electron chi connectivity index (χ0n) is 18.9. The van der Waals surface area contributed by atoms with Crippen LogP contribution in [0.4, 0.5) is 11.4 Å². The molecular weight excluding hydrogens is 473 g/mol. The number of carbonyl (C=O) groups excluding carboxylic acids is 2. The highest BCUT2D eigenvalue weighted by Crippen LogP contribution is 2.42. The summed E-state index contributed by atoms with van der Waals surface area (Å²) in [7, 11) is 2.83. The normalized spacial score (nSPS) is 11.7. The van der Waals surface area contributed by atoms with Crippen LogP contribution >= 0.6 is 23.2 Å². The van der Waals surface area contributed by atoms with Crippen molar-refractivity contribution in [1.82, 2.24) is 0 Å². The Morgan fingerprint density at radius 1 is 1.03 bits per heavy atom. The average molecular weight is 498 g/mol. The molecule has 1 N–H and O–H groups in total. The van der Waals surface area contributed by atoms with Gasteiger partial charge in [0, 0.05) is 12.1 Å². The number of methoxy groups -OCH3 is 2. The van der Waals surface area contributed by atoms with Gasteiger partial charge in [0.2, 0.25) is 6.04 Å². The van der Waals surface area contributed by atoms with E-state index in [1.165, 1.54) is 39.3 Å². The molecule has 0 heterocycles. The van der Waals surface area contributed by atoms with E-state index < -0.39 is 17.7 Å². The summed E-state index contributed by atoms with van der Waals surface area (Å²) in [6.45, 7) is 5.61. The second-order valence-corrected chi connectivity index (χ2v) is 7.29. The number of benzene rings is 2. The van der Waals surface area contributed by atoms with E-state index in [4.69, 9.17) is 42.1 Å². The van der Waals surface area contributed by atoms with Crippen molar-refractivity contribution >= 4 is 46.3 Å². The van der Waals surface area contributed by atoms with Crippen molar-refractivity contribution in [3.63, 3.8) is 0 Å². The minimum Gasteiger partial charge on any atom is -0.494 e. The maximum Gasteiger partial charge on any atom is 0.258 e. The van der Waals surface area contributed by atoms with Crippen LogP contribution in [-0.4, -0.2) is 45.2 Å². The number of Topliss-reactive ketones (excluding diaryl/α,β-unsaturated/α-hetero) is 1. The highest BCUT2D eigenvalue weighted by atomic mass is 35.5.